The minimum Gasteiger partial charge on any atom is -0.488 e. The van der Waals surface area contributed by atoms with Crippen molar-refractivity contribution in [2.75, 3.05) is 6.61 Å². The van der Waals surface area contributed by atoms with Gasteiger partial charge < -0.3 is 19.7 Å². The molecular weight excluding hydrogens is 284 g/mol. The smallest absolute Gasteiger partial charge is 0.196 e. The van der Waals surface area contributed by atoms with Crippen LogP contribution in [0.4, 0.5) is 0 Å². The van der Waals surface area contributed by atoms with E-state index in [1.54, 1.807) is 0 Å². The van der Waals surface area contributed by atoms with Gasteiger partial charge in [0.1, 0.15) is 17.5 Å². The predicted octanol–water partition coefficient (Wildman–Crippen LogP) is 1.10. The molecule has 6 atom stereocenters. The van der Waals surface area contributed by atoms with Crippen LogP contribution in [0, 0.1) is 11.8 Å². The molecule has 0 radical (unpaired) electrons. The molecule has 5 heteroatoms. The Morgan fingerprint density at radius 3 is 2.82 bits per heavy atom. The summed E-state index contributed by atoms with van der Waals surface area (Å²) in [5.41, 5.74) is -0.436. The summed E-state index contributed by atoms with van der Waals surface area (Å²) >= 11 is 0. The van der Waals surface area contributed by atoms with Crippen LogP contribution in [-0.2, 0) is 14.3 Å². The van der Waals surface area contributed by atoms with Crippen LogP contribution < -0.4 is 0 Å². The van der Waals surface area contributed by atoms with Gasteiger partial charge in [-0.15, -0.1) is 0 Å². The third-order valence-electron chi connectivity index (χ3n) is 5.92. The number of aliphatic hydroxyl groups is 2. The molecule has 2 fully saturated rings. The first-order chi connectivity index (χ1) is 10.3. The molecule has 2 bridgehead atoms. The summed E-state index contributed by atoms with van der Waals surface area (Å²) in [4.78, 5) is 12.6. The van der Waals surface area contributed by atoms with Crippen LogP contribution in [0.5, 0.6) is 0 Å². The Labute approximate surface area is 129 Å². The second-order valence-corrected chi connectivity index (χ2v) is 7.58. The van der Waals surface area contributed by atoms with Gasteiger partial charge in [-0.2, -0.15) is 0 Å². The van der Waals surface area contributed by atoms with Crippen molar-refractivity contribution in [3.63, 3.8) is 0 Å². The number of fused-ring (bicyclic) bond motifs is 4. The maximum atomic E-state index is 12.6. The fourth-order valence-corrected chi connectivity index (χ4v) is 4.84. The molecule has 2 aliphatic heterocycles. The zero-order valence-corrected chi connectivity index (χ0v) is 13.0. The van der Waals surface area contributed by atoms with Gasteiger partial charge in [0.05, 0.1) is 12.7 Å². The van der Waals surface area contributed by atoms with Crippen LogP contribution in [0.15, 0.2) is 23.5 Å². The van der Waals surface area contributed by atoms with Gasteiger partial charge in [-0.05, 0) is 20.3 Å². The fraction of sp³-hybridized carbons (Fsp3) is 0.706. The lowest BCUT2D eigenvalue weighted by atomic mass is 9.72. The average molecular weight is 306 g/mol. The molecule has 6 unspecified atom stereocenters. The van der Waals surface area contributed by atoms with Gasteiger partial charge in [-0.25, -0.2) is 0 Å². The Balaban J connectivity index is 1.76. The molecule has 0 aromatic rings. The van der Waals surface area contributed by atoms with Crippen LogP contribution in [0.1, 0.15) is 33.1 Å². The summed E-state index contributed by atoms with van der Waals surface area (Å²) in [6, 6.07) is 0. The van der Waals surface area contributed by atoms with Crippen molar-refractivity contribution in [1.29, 1.82) is 0 Å². The largest absolute Gasteiger partial charge is 0.488 e. The summed E-state index contributed by atoms with van der Waals surface area (Å²) < 4.78 is 11.8. The maximum absolute atomic E-state index is 12.6. The Morgan fingerprint density at radius 1 is 1.41 bits per heavy atom. The van der Waals surface area contributed by atoms with E-state index in [1.165, 1.54) is 0 Å². The molecule has 22 heavy (non-hydrogen) atoms. The van der Waals surface area contributed by atoms with Crippen molar-refractivity contribution in [2.24, 2.45) is 11.8 Å². The van der Waals surface area contributed by atoms with E-state index in [0.717, 1.165) is 5.57 Å². The molecule has 1 saturated carbocycles. The highest BCUT2D eigenvalue weighted by atomic mass is 16.6. The minimum absolute atomic E-state index is 0.00352. The van der Waals surface area contributed by atoms with Crippen LogP contribution in [0.3, 0.4) is 0 Å². The van der Waals surface area contributed by atoms with Crippen molar-refractivity contribution >= 4 is 5.78 Å². The van der Waals surface area contributed by atoms with E-state index in [0.29, 0.717) is 24.2 Å². The number of aliphatic hydroxyl groups excluding tert-OH is 1. The lowest BCUT2D eigenvalue weighted by Gasteiger charge is -2.43. The van der Waals surface area contributed by atoms with Crippen LogP contribution in [-0.4, -0.2) is 46.0 Å². The number of ether oxygens (including phenoxy) is 2. The molecule has 0 amide bonds. The second-order valence-electron chi connectivity index (χ2n) is 7.58. The lowest BCUT2D eigenvalue weighted by molar-refractivity contribution is -0.136. The third kappa shape index (κ3) is 1.67. The molecule has 4 aliphatic rings. The molecule has 4 rings (SSSR count). The number of carbonyl (C=O) groups is 1. The number of rotatable bonds is 1. The fourth-order valence-electron chi connectivity index (χ4n) is 4.84. The molecular formula is C17H22O5. The zero-order chi connectivity index (χ0) is 15.9. The van der Waals surface area contributed by atoms with Crippen LogP contribution in [0.25, 0.3) is 0 Å². The first-order valence-corrected chi connectivity index (χ1v) is 7.89. The average Bonchev–Trinajstić information content (AvgIpc) is 2.90. The van der Waals surface area contributed by atoms with E-state index in [2.05, 4.69) is 6.58 Å². The van der Waals surface area contributed by atoms with Crippen LogP contribution in [0.2, 0.25) is 0 Å². The van der Waals surface area contributed by atoms with E-state index in [9.17, 15) is 15.0 Å². The third-order valence-corrected chi connectivity index (χ3v) is 5.92. The van der Waals surface area contributed by atoms with Crippen LogP contribution >= 0.6 is 0 Å². The zero-order valence-electron chi connectivity index (χ0n) is 13.0. The van der Waals surface area contributed by atoms with Gasteiger partial charge >= 0.3 is 0 Å². The van der Waals surface area contributed by atoms with Crippen molar-refractivity contribution in [3.05, 3.63) is 23.5 Å². The highest BCUT2D eigenvalue weighted by Gasteiger charge is 2.61. The first kappa shape index (κ1) is 14.4. The normalized spacial score (nSPS) is 49.7. The Bertz CT molecular complexity index is 608. The molecule has 0 aromatic carbocycles. The predicted molar refractivity (Wildman–Crippen MR) is 77.9 cm³/mol. The molecule has 0 aromatic heterocycles. The lowest BCUT2D eigenvalue weighted by Crippen LogP contribution is -2.49. The van der Waals surface area contributed by atoms with E-state index < -0.39 is 17.3 Å². The topological polar surface area (TPSA) is 76.0 Å². The molecule has 2 aliphatic carbocycles. The second kappa shape index (κ2) is 4.22. The standard InChI is InChI=1S/C17H22O5/c1-8(2)13-10-4-9-14(22-16(10,3)5-11(13)18)12-6-17(20,7-21-12)15(9)19/h10-13,18,20H,1,4-7H2,2-3H3. The Kier molecular flexibility index (Phi) is 2.77. The SMILES string of the molecule is C=C(C)C1C(O)CC2(C)OC3=C(CC12)C(=O)C1(O)COC3C1. The summed E-state index contributed by atoms with van der Waals surface area (Å²) in [5.74, 6) is 0.242. The molecule has 2 N–H and O–H groups in total. The van der Waals surface area contributed by atoms with Gasteiger partial charge in [-0.3, -0.25) is 4.79 Å². The Hall–Kier alpha value is -1.17. The van der Waals surface area contributed by atoms with Gasteiger partial charge in [0.25, 0.3) is 0 Å². The number of carbonyl (C=O) groups excluding carboxylic acids is 1. The maximum Gasteiger partial charge on any atom is 0.196 e. The van der Waals surface area contributed by atoms with Gasteiger partial charge in [0, 0.05) is 30.3 Å². The molecule has 120 valence electrons. The molecule has 2 heterocycles. The van der Waals surface area contributed by atoms with Gasteiger partial charge in [-0.1, -0.05) is 12.2 Å². The number of hydrogen-bond donors (Lipinski definition) is 2. The number of Topliss-reactive ketones (excluding diaryl/α,β-unsaturated/α-hetero) is 1. The molecule has 0 spiro atoms. The Morgan fingerprint density at radius 2 is 2.14 bits per heavy atom. The summed E-state index contributed by atoms with van der Waals surface area (Å²) in [7, 11) is 0. The van der Waals surface area contributed by atoms with Gasteiger partial charge in [0.2, 0.25) is 0 Å². The van der Waals surface area contributed by atoms with Gasteiger partial charge in [0.15, 0.2) is 11.4 Å². The van der Waals surface area contributed by atoms with E-state index in [1.807, 2.05) is 13.8 Å². The highest BCUT2D eigenvalue weighted by molar-refractivity contribution is 6.04. The molecule has 5 nitrogen and oxygen atoms in total. The highest BCUT2D eigenvalue weighted by Crippen LogP contribution is 2.55. The number of hydrogen-bond acceptors (Lipinski definition) is 5. The molecule has 1 saturated heterocycles. The quantitative estimate of drug-likeness (QED) is 0.709. The van der Waals surface area contributed by atoms with Crippen molar-refractivity contribution < 1.29 is 24.5 Å². The van der Waals surface area contributed by atoms with E-state index in [-0.39, 0.29) is 36.8 Å². The number of ketones is 1. The van der Waals surface area contributed by atoms with Crippen molar-refractivity contribution in [3.8, 4) is 0 Å². The first-order valence-electron chi connectivity index (χ1n) is 7.89. The monoisotopic (exact) mass is 306 g/mol. The minimum atomic E-state index is -1.39. The summed E-state index contributed by atoms with van der Waals surface area (Å²) in [5, 5.41) is 20.8. The summed E-state index contributed by atoms with van der Waals surface area (Å²) in [6.45, 7) is 7.94. The van der Waals surface area contributed by atoms with E-state index in [4.69, 9.17) is 9.47 Å². The summed E-state index contributed by atoms with van der Waals surface area (Å²) in [6.07, 6.45) is 0.470. The van der Waals surface area contributed by atoms with Crippen molar-refractivity contribution in [1.82, 2.24) is 0 Å². The van der Waals surface area contributed by atoms with E-state index >= 15 is 0 Å². The van der Waals surface area contributed by atoms with Crippen molar-refractivity contribution in [2.45, 2.75) is 56.5 Å².